The lowest BCUT2D eigenvalue weighted by molar-refractivity contribution is -0.0227. The molecular weight excluding hydrogens is 454 g/mol. The van der Waals surface area contributed by atoms with Crippen LogP contribution in [0.2, 0.25) is 0 Å². The quantitative estimate of drug-likeness (QED) is 0.351. The van der Waals surface area contributed by atoms with Gasteiger partial charge < -0.3 is 10.4 Å². The number of amides is 1. The van der Waals surface area contributed by atoms with E-state index in [2.05, 4.69) is 30.6 Å². The minimum absolute atomic E-state index is 0.123. The molecule has 1 aliphatic carbocycles. The largest absolute Gasteiger partial charge is 0.388 e. The average Bonchev–Trinajstić information content (AvgIpc) is 3.48. The highest BCUT2D eigenvalue weighted by Crippen LogP contribution is 2.32. The molecule has 3 N–H and O–H groups in total. The molecule has 0 unspecified atom stereocenters. The second-order valence-electron chi connectivity index (χ2n) is 9.75. The number of rotatable bonds is 5. The smallest absolute Gasteiger partial charge is 0.251 e. The highest BCUT2D eigenvalue weighted by atomic mass is 16.3. The average molecular weight is 482 g/mol. The molecular formula is C27H27N7O2. The number of aryl methyl sites for hydroxylation is 1. The Kier molecular flexibility index (Phi) is 5.49. The van der Waals surface area contributed by atoms with E-state index >= 15 is 0 Å². The predicted octanol–water partition coefficient (Wildman–Crippen LogP) is 3.78. The molecule has 1 aromatic carbocycles. The van der Waals surface area contributed by atoms with Gasteiger partial charge in [0.15, 0.2) is 0 Å². The normalized spacial score (nSPS) is 20.1. The first kappa shape index (κ1) is 22.4. The molecule has 182 valence electrons. The number of aromatic nitrogens is 6. The maximum atomic E-state index is 13.2. The molecule has 6 rings (SSSR count). The van der Waals surface area contributed by atoms with Crippen molar-refractivity contribution in [3.63, 3.8) is 0 Å². The number of benzene rings is 1. The van der Waals surface area contributed by atoms with E-state index in [-0.39, 0.29) is 11.9 Å². The molecule has 5 aromatic rings. The van der Waals surface area contributed by atoms with E-state index in [0.29, 0.717) is 24.9 Å². The zero-order valence-electron chi connectivity index (χ0n) is 20.0. The molecule has 2 atom stereocenters. The number of hydrogen-bond donors (Lipinski definition) is 3. The lowest BCUT2D eigenvalue weighted by atomic mass is 9.81. The molecule has 1 amide bonds. The van der Waals surface area contributed by atoms with Gasteiger partial charge >= 0.3 is 0 Å². The number of aromatic amines is 1. The van der Waals surface area contributed by atoms with Crippen molar-refractivity contribution in [1.82, 2.24) is 35.3 Å². The molecule has 36 heavy (non-hydrogen) atoms. The van der Waals surface area contributed by atoms with Gasteiger partial charge in [0.2, 0.25) is 0 Å². The minimum atomic E-state index is -0.945. The molecule has 0 radical (unpaired) electrons. The summed E-state index contributed by atoms with van der Waals surface area (Å²) in [5.74, 6) is -0.153. The van der Waals surface area contributed by atoms with Crippen molar-refractivity contribution in [3.05, 3.63) is 72.4 Å². The maximum absolute atomic E-state index is 13.2. The first-order chi connectivity index (χ1) is 17.5. The van der Waals surface area contributed by atoms with Crippen molar-refractivity contribution in [2.24, 2.45) is 0 Å². The highest BCUT2D eigenvalue weighted by Gasteiger charge is 2.36. The van der Waals surface area contributed by atoms with Gasteiger partial charge in [-0.25, -0.2) is 0 Å². The molecule has 0 aliphatic heterocycles. The van der Waals surface area contributed by atoms with E-state index in [1.807, 2.05) is 41.9 Å². The Hall–Kier alpha value is -4.11. The van der Waals surface area contributed by atoms with Crippen LogP contribution in [0.3, 0.4) is 0 Å². The van der Waals surface area contributed by atoms with Gasteiger partial charge in [-0.05, 0) is 69.0 Å². The van der Waals surface area contributed by atoms with Crippen LogP contribution in [0.4, 0.5) is 0 Å². The SMILES string of the molecule is Cc1cc(-c2n[nH]c3ccc(C(=O)N[C@@H]4CCC[C@@](O)(Cn5ncc6cnccc65)C4)cc23)ccn1. The van der Waals surface area contributed by atoms with E-state index in [9.17, 15) is 9.90 Å². The predicted molar refractivity (Wildman–Crippen MR) is 136 cm³/mol. The van der Waals surface area contributed by atoms with Crippen molar-refractivity contribution < 1.29 is 9.90 Å². The Morgan fingerprint density at radius 3 is 3.03 bits per heavy atom. The van der Waals surface area contributed by atoms with E-state index < -0.39 is 5.60 Å². The van der Waals surface area contributed by atoms with Crippen LogP contribution in [-0.4, -0.2) is 52.6 Å². The number of nitrogens with zero attached hydrogens (tertiary/aromatic N) is 5. The lowest BCUT2D eigenvalue weighted by Gasteiger charge is -2.37. The molecule has 1 aliphatic rings. The van der Waals surface area contributed by atoms with Crippen molar-refractivity contribution in [3.8, 4) is 11.3 Å². The van der Waals surface area contributed by atoms with Gasteiger partial charge in [-0.1, -0.05) is 0 Å². The number of carbonyl (C=O) groups is 1. The summed E-state index contributed by atoms with van der Waals surface area (Å²) in [7, 11) is 0. The number of nitrogens with one attached hydrogen (secondary N) is 2. The maximum Gasteiger partial charge on any atom is 0.251 e. The number of carbonyl (C=O) groups excluding carboxylic acids is 1. The molecule has 0 saturated heterocycles. The third-order valence-electron chi connectivity index (χ3n) is 7.04. The summed E-state index contributed by atoms with van der Waals surface area (Å²) in [5.41, 5.74) is 4.07. The van der Waals surface area contributed by atoms with Crippen LogP contribution in [0.15, 0.2) is 61.2 Å². The molecule has 0 bridgehead atoms. The summed E-state index contributed by atoms with van der Waals surface area (Å²) in [4.78, 5) is 21.6. The fourth-order valence-electron chi connectivity index (χ4n) is 5.28. The topological polar surface area (TPSA) is 122 Å². The van der Waals surface area contributed by atoms with E-state index in [1.54, 1.807) is 30.9 Å². The highest BCUT2D eigenvalue weighted by molar-refractivity contribution is 6.01. The number of H-pyrrole nitrogens is 1. The Balaban J connectivity index is 1.20. The summed E-state index contributed by atoms with van der Waals surface area (Å²) in [5, 5.41) is 28.4. The number of aliphatic hydroxyl groups is 1. The van der Waals surface area contributed by atoms with Crippen LogP contribution < -0.4 is 5.32 Å². The van der Waals surface area contributed by atoms with Crippen LogP contribution >= 0.6 is 0 Å². The van der Waals surface area contributed by atoms with E-state index in [0.717, 1.165) is 51.6 Å². The summed E-state index contributed by atoms with van der Waals surface area (Å²) >= 11 is 0. The Morgan fingerprint density at radius 2 is 2.14 bits per heavy atom. The van der Waals surface area contributed by atoms with E-state index in [4.69, 9.17) is 0 Å². The standard InChI is InChI=1S/C27H27N7O2/c1-17-11-18(6-10-29-17)25-22-12-19(4-5-23(22)32-33-25)26(35)31-21-3-2-8-27(36,13-21)16-34-24-7-9-28-14-20(24)15-30-34/h4-7,9-12,14-15,21,36H,2-3,8,13,16H2,1H3,(H,31,35)(H,32,33)/t21-,27+/m1/s1. The Morgan fingerprint density at radius 1 is 1.22 bits per heavy atom. The molecule has 4 heterocycles. The van der Waals surface area contributed by atoms with Crippen molar-refractivity contribution in [2.75, 3.05) is 0 Å². The van der Waals surface area contributed by atoms with E-state index in [1.165, 1.54) is 0 Å². The van der Waals surface area contributed by atoms with Crippen LogP contribution in [-0.2, 0) is 6.54 Å². The summed E-state index contributed by atoms with van der Waals surface area (Å²) in [6.07, 6.45) is 9.82. The Bertz CT molecular complexity index is 1570. The molecule has 9 nitrogen and oxygen atoms in total. The van der Waals surface area contributed by atoms with Crippen LogP contribution in [0, 0.1) is 6.92 Å². The third kappa shape index (κ3) is 4.22. The molecule has 1 saturated carbocycles. The third-order valence-corrected chi connectivity index (χ3v) is 7.04. The summed E-state index contributed by atoms with van der Waals surface area (Å²) in [6, 6.07) is 11.2. The van der Waals surface area contributed by atoms with Crippen molar-refractivity contribution >= 4 is 27.7 Å². The van der Waals surface area contributed by atoms with Gasteiger partial charge in [0.05, 0.1) is 29.4 Å². The van der Waals surface area contributed by atoms with Gasteiger partial charge in [0.25, 0.3) is 5.91 Å². The van der Waals surface area contributed by atoms with Crippen LogP contribution in [0.5, 0.6) is 0 Å². The Labute approximate surface area is 207 Å². The van der Waals surface area contributed by atoms with Crippen LogP contribution in [0.25, 0.3) is 33.1 Å². The first-order valence-electron chi connectivity index (χ1n) is 12.2. The lowest BCUT2D eigenvalue weighted by Crippen LogP contribution is -2.47. The zero-order chi connectivity index (χ0) is 24.7. The number of fused-ring (bicyclic) bond motifs is 2. The van der Waals surface area contributed by atoms with Gasteiger partial charge in [-0.2, -0.15) is 10.2 Å². The zero-order valence-corrected chi connectivity index (χ0v) is 20.0. The summed E-state index contributed by atoms with van der Waals surface area (Å²) < 4.78 is 1.83. The van der Waals surface area contributed by atoms with Crippen molar-refractivity contribution in [1.29, 1.82) is 0 Å². The summed E-state index contributed by atoms with van der Waals surface area (Å²) in [6.45, 7) is 2.32. The van der Waals surface area contributed by atoms with Gasteiger partial charge in [0, 0.05) is 52.2 Å². The fourth-order valence-corrected chi connectivity index (χ4v) is 5.28. The molecule has 4 aromatic heterocycles. The molecule has 1 fully saturated rings. The number of pyridine rings is 2. The number of hydrogen-bond acceptors (Lipinski definition) is 6. The van der Waals surface area contributed by atoms with Gasteiger partial charge in [-0.15, -0.1) is 0 Å². The molecule has 9 heteroatoms. The monoisotopic (exact) mass is 481 g/mol. The minimum Gasteiger partial charge on any atom is -0.388 e. The van der Waals surface area contributed by atoms with Crippen LogP contribution in [0.1, 0.15) is 41.7 Å². The fraction of sp³-hybridized carbons (Fsp3) is 0.296. The second-order valence-corrected chi connectivity index (χ2v) is 9.75. The first-order valence-corrected chi connectivity index (χ1v) is 12.2. The van der Waals surface area contributed by atoms with Crippen molar-refractivity contribution in [2.45, 2.75) is 50.8 Å². The molecule has 0 spiro atoms. The second kappa shape index (κ2) is 8.83. The van der Waals surface area contributed by atoms with Gasteiger partial charge in [-0.3, -0.25) is 24.5 Å². The van der Waals surface area contributed by atoms with Gasteiger partial charge in [0.1, 0.15) is 5.69 Å².